The summed E-state index contributed by atoms with van der Waals surface area (Å²) in [5.41, 5.74) is 0.731. The Bertz CT molecular complexity index is 464. The first-order chi connectivity index (χ1) is 8.08. The molecule has 0 saturated carbocycles. The minimum Gasteiger partial charge on any atom is -0.294 e. The van der Waals surface area contributed by atoms with Crippen LogP contribution in [0.1, 0.15) is 19.0 Å². The van der Waals surface area contributed by atoms with Gasteiger partial charge in [-0.2, -0.15) is 0 Å². The van der Waals surface area contributed by atoms with Crippen molar-refractivity contribution in [2.75, 3.05) is 11.4 Å². The van der Waals surface area contributed by atoms with E-state index in [1.54, 1.807) is 17.3 Å². The number of amides is 1. The van der Waals surface area contributed by atoms with Gasteiger partial charge in [0.1, 0.15) is 0 Å². The van der Waals surface area contributed by atoms with Crippen LogP contribution in [0, 0.1) is 6.92 Å². The van der Waals surface area contributed by atoms with Crippen LogP contribution in [0.3, 0.4) is 0 Å². The minimum atomic E-state index is 0.00681. The van der Waals surface area contributed by atoms with Crippen molar-refractivity contribution in [2.24, 2.45) is 0 Å². The van der Waals surface area contributed by atoms with E-state index in [1.807, 2.05) is 6.92 Å². The molecule has 0 bridgehead atoms. The van der Waals surface area contributed by atoms with Crippen LogP contribution in [0.5, 0.6) is 0 Å². The maximum absolute atomic E-state index is 11.9. The predicted octanol–water partition coefficient (Wildman–Crippen LogP) is 1.17. The molecule has 1 fully saturated rings. The van der Waals surface area contributed by atoms with E-state index < -0.39 is 0 Å². The summed E-state index contributed by atoms with van der Waals surface area (Å²) in [4.78, 5) is 32.8. The third kappa shape index (κ3) is 2.63. The average molecular weight is 251 g/mol. The van der Waals surface area contributed by atoms with Crippen LogP contribution in [0.4, 0.5) is 5.82 Å². The lowest BCUT2D eigenvalue weighted by Gasteiger charge is -2.16. The third-order valence-corrected chi connectivity index (χ3v) is 3.51. The highest BCUT2D eigenvalue weighted by Gasteiger charge is 2.33. The Balaban J connectivity index is 2.16. The van der Waals surface area contributed by atoms with Gasteiger partial charge >= 0.3 is 0 Å². The van der Waals surface area contributed by atoms with Gasteiger partial charge in [-0.05, 0) is 6.92 Å². The van der Waals surface area contributed by atoms with Gasteiger partial charge in [-0.3, -0.25) is 19.5 Å². The summed E-state index contributed by atoms with van der Waals surface area (Å²) in [7, 11) is 0. The molecule has 1 amide bonds. The topological polar surface area (TPSA) is 63.2 Å². The molecule has 1 aliphatic rings. The van der Waals surface area contributed by atoms with Crippen LogP contribution in [-0.2, 0) is 9.59 Å². The van der Waals surface area contributed by atoms with E-state index in [2.05, 4.69) is 9.97 Å². The molecule has 0 spiro atoms. The van der Waals surface area contributed by atoms with Crippen molar-refractivity contribution in [1.82, 2.24) is 9.97 Å². The SMILES string of the molecule is CC(=O)SC1CC(=O)N(c2nccnc2C)C1. The molecule has 0 aromatic carbocycles. The fraction of sp³-hybridized carbons (Fsp3) is 0.455. The molecule has 6 heteroatoms. The molecular weight excluding hydrogens is 238 g/mol. The number of rotatable bonds is 2. The fourth-order valence-corrected chi connectivity index (χ4v) is 2.78. The zero-order valence-electron chi connectivity index (χ0n) is 9.71. The van der Waals surface area contributed by atoms with Crippen LogP contribution in [0.2, 0.25) is 0 Å². The molecule has 1 unspecified atom stereocenters. The lowest BCUT2D eigenvalue weighted by Crippen LogP contribution is -2.27. The van der Waals surface area contributed by atoms with Crippen LogP contribution in [-0.4, -0.2) is 32.8 Å². The Hall–Kier alpha value is -1.43. The number of carbonyl (C=O) groups is 2. The van der Waals surface area contributed by atoms with Gasteiger partial charge in [0, 0.05) is 37.5 Å². The number of hydrogen-bond donors (Lipinski definition) is 0. The van der Waals surface area contributed by atoms with Gasteiger partial charge in [-0.25, -0.2) is 4.98 Å². The Labute approximate surface area is 104 Å². The quantitative estimate of drug-likeness (QED) is 0.789. The Kier molecular flexibility index (Phi) is 3.42. The number of aromatic nitrogens is 2. The maximum Gasteiger partial charge on any atom is 0.229 e. The monoisotopic (exact) mass is 251 g/mol. The van der Waals surface area contributed by atoms with Crippen molar-refractivity contribution in [2.45, 2.75) is 25.5 Å². The second kappa shape index (κ2) is 4.83. The van der Waals surface area contributed by atoms with Crippen molar-refractivity contribution in [3.05, 3.63) is 18.1 Å². The summed E-state index contributed by atoms with van der Waals surface area (Å²) in [6.45, 7) is 3.87. The van der Waals surface area contributed by atoms with Crippen LogP contribution < -0.4 is 4.90 Å². The highest BCUT2D eigenvalue weighted by atomic mass is 32.2. The first kappa shape index (κ1) is 12.0. The molecular formula is C11H13N3O2S. The van der Waals surface area contributed by atoms with E-state index >= 15 is 0 Å². The smallest absolute Gasteiger partial charge is 0.229 e. The predicted molar refractivity (Wildman–Crippen MR) is 65.8 cm³/mol. The van der Waals surface area contributed by atoms with Gasteiger partial charge in [0.25, 0.3) is 0 Å². The Morgan fingerprint density at radius 3 is 2.82 bits per heavy atom. The highest BCUT2D eigenvalue weighted by Crippen LogP contribution is 2.28. The number of anilines is 1. The van der Waals surface area contributed by atoms with Crippen molar-refractivity contribution in [3.63, 3.8) is 0 Å². The zero-order chi connectivity index (χ0) is 12.4. The molecule has 1 aromatic rings. The lowest BCUT2D eigenvalue weighted by molar-refractivity contribution is -0.117. The molecule has 0 radical (unpaired) electrons. The van der Waals surface area contributed by atoms with Crippen molar-refractivity contribution < 1.29 is 9.59 Å². The first-order valence-electron chi connectivity index (χ1n) is 5.33. The summed E-state index contributed by atoms with van der Waals surface area (Å²) in [5, 5.41) is 0.0712. The summed E-state index contributed by atoms with van der Waals surface area (Å²) < 4.78 is 0. The van der Waals surface area contributed by atoms with Gasteiger partial charge in [0.2, 0.25) is 5.91 Å². The normalized spacial score (nSPS) is 19.8. The molecule has 2 heterocycles. The average Bonchev–Trinajstić information content (AvgIpc) is 2.59. The Morgan fingerprint density at radius 1 is 1.47 bits per heavy atom. The van der Waals surface area contributed by atoms with Crippen LogP contribution in [0.25, 0.3) is 0 Å². The molecule has 90 valence electrons. The molecule has 1 saturated heterocycles. The maximum atomic E-state index is 11.9. The summed E-state index contributed by atoms with van der Waals surface area (Å²) in [5.74, 6) is 0.608. The van der Waals surface area contributed by atoms with Gasteiger partial charge in [0.15, 0.2) is 10.9 Å². The van der Waals surface area contributed by atoms with E-state index in [0.717, 1.165) is 5.69 Å². The highest BCUT2D eigenvalue weighted by molar-refractivity contribution is 8.14. The third-order valence-electron chi connectivity index (χ3n) is 2.53. The van der Waals surface area contributed by atoms with E-state index in [1.165, 1.54) is 18.7 Å². The summed E-state index contributed by atoms with van der Waals surface area (Å²) in [6.07, 6.45) is 3.56. The number of thioether (sulfide) groups is 1. The molecule has 1 atom stereocenters. The van der Waals surface area contributed by atoms with E-state index in [-0.39, 0.29) is 16.3 Å². The molecule has 1 aliphatic heterocycles. The Morgan fingerprint density at radius 2 is 2.18 bits per heavy atom. The second-order valence-corrected chi connectivity index (χ2v) is 5.38. The van der Waals surface area contributed by atoms with Crippen LogP contribution in [0.15, 0.2) is 12.4 Å². The second-order valence-electron chi connectivity index (χ2n) is 3.91. The van der Waals surface area contributed by atoms with Gasteiger partial charge in [-0.1, -0.05) is 11.8 Å². The molecule has 17 heavy (non-hydrogen) atoms. The van der Waals surface area contributed by atoms with Crippen molar-refractivity contribution in [3.8, 4) is 0 Å². The number of carbonyl (C=O) groups excluding carboxylic acids is 2. The van der Waals surface area contributed by atoms with Crippen LogP contribution >= 0.6 is 11.8 Å². The molecule has 0 aliphatic carbocycles. The largest absolute Gasteiger partial charge is 0.294 e. The van der Waals surface area contributed by atoms with Crippen molar-refractivity contribution >= 4 is 28.6 Å². The van der Waals surface area contributed by atoms with Gasteiger partial charge in [0.05, 0.1) is 5.69 Å². The lowest BCUT2D eigenvalue weighted by atomic mass is 10.4. The van der Waals surface area contributed by atoms with Crippen molar-refractivity contribution in [1.29, 1.82) is 0 Å². The van der Waals surface area contributed by atoms with E-state index in [9.17, 15) is 9.59 Å². The van der Waals surface area contributed by atoms with Gasteiger partial charge in [-0.15, -0.1) is 0 Å². The summed E-state index contributed by atoms with van der Waals surface area (Å²) in [6, 6.07) is 0. The zero-order valence-corrected chi connectivity index (χ0v) is 10.5. The first-order valence-corrected chi connectivity index (χ1v) is 6.21. The number of aryl methyl sites for hydroxylation is 1. The van der Waals surface area contributed by atoms with Gasteiger partial charge < -0.3 is 0 Å². The fourth-order valence-electron chi connectivity index (χ4n) is 1.86. The number of hydrogen-bond acceptors (Lipinski definition) is 5. The standard InChI is InChI=1S/C11H13N3O2S/c1-7-11(13-4-3-12-7)14-6-9(5-10(14)16)17-8(2)15/h3-4,9H,5-6H2,1-2H3. The van der Waals surface area contributed by atoms with E-state index in [4.69, 9.17) is 0 Å². The molecule has 1 aromatic heterocycles. The minimum absolute atomic E-state index is 0.00681. The van der Waals surface area contributed by atoms with E-state index in [0.29, 0.717) is 18.8 Å². The molecule has 5 nitrogen and oxygen atoms in total. The summed E-state index contributed by atoms with van der Waals surface area (Å²) >= 11 is 1.22. The number of nitrogens with zero attached hydrogens (tertiary/aromatic N) is 3. The molecule has 2 rings (SSSR count). The molecule has 0 N–H and O–H groups in total.